The van der Waals surface area contributed by atoms with Gasteiger partial charge in [-0.3, -0.25) is 14.9 Å². The van der Waals surface area contributed by atoms with Crippen molar-refractivity contribution in [3.63, 3.8) is 0 Å². The summed E-state index contributed by atoms with van der Waals surface area (Å²) in [6, 6.07) is 3.04. The Morgan fingerprint density at radius 3 is 2.22 bits per heavy atom. The van der Waals surface area contributed by atoms with Crippen LogP contribution in [-0.2, 0) is 26.4 Å². The van der Waals surface area contributed by atoms with E-state index >= 15 is 0 Å². The molecular weight excluding hydrogens is 375 g/mol. The van der Waals surface area contributed by atoms with Crippen molar-refractivity contribution < 1.29 is 23.4 Å². The van der Waals surface area contributed by atoms with Crippen LogP contribution in [0.15, 0.2) is 18.2 Å². The van der Waals surface area contributed by atoms with E-state index in [0.717, 1.165) is 18.2 Å². The summed E-state index contributed by atoms with van der Waals surface area (Å²) in [6.45, 7) is 11.7. The number of nitro benzene ring substituents is 1. The van der Waals surface area contributed by atoms with Crippen LogP contribution in [0.4, 0.5) is 10.1 Å². The Hall–Kier alpha value is -1.71. The van der Waals surface area contributed by atoms with Gasteiger partial charge in [-0.2, -0.15) is 0 Å². The van der Waals surface area contributed by atoms with E-state index < -0.39 is 44.0 Å². The molecule has 0 heterocycles. The van der Waals surface area contributed by atoms with Crippen LogP contribution in [0.3, 0.4) is 0 Å². The zero-order chi connectivity index (χ0) is 21.2. The van der Waals surface area contributed by atoms with Crippen molar-refractivity contribution in [3.8, 4) is 0 Å². The second-order valence-electron chi connectivity index (χ2n) is 8.50. The number of carbonyl (C=O) groups is 1. The lowest BCUT2D eigenvalue weighted by molar-refractivity contribution is -0.385. The minimum absolute atomic E-state index is 0.125. The van der Waals surface area contributed by atoms with E-state index in [0.29, 0.717) is 0 Å². The smallest absolute Gasteiger partial charge is 0.308 e. The van der Waals surface area contributed by atoms with Crippen molar-refractivity contribution in [3.05, 3.63) is 39.7 Å². The Morgan fingerprint density at radius 2 is 1.78 bits per heavy atom. The Labute approximate surface area is 162 Å². The minimum atomic E-state index is -1.67. The number of esters is 1. The molecule has 0 aliphatic rings. The second kappa shape index (κ2) is 8.12. The largest absolute Gasteiger partial charge is 0.598 e. The van der Waals surface area contributed by atoms with Crippen LogP contribution in [-0.4, -0.2) is 25.8 Å². The van der Waals surface area contributed by atoms with E-state index in [1.54, 1.807) is 41.5 Å². The van der Waals surface area contributed by atoms with Gasteiger partial charge in [-0.1, -0.05) is 0 Å². The molecule has 0 amide bonds. The summed E-state index contributed by atoms with van der Waals surface area (Å²) < 4.78 is 34.6. The number of nitro groups is 1. The quantitative estimate of drug-likeness (QED) is 0.336. The van der Waals surface area contributed by atoms with E-state index in [2.05, 4.69) is 4.72 Å². The highest BCUT2D eigenvalue weighted by Gasteiger charge is 2.42. The molecule has 0 aliphatic carbocycles. The minimum Gasteiger partial charge on any atom is -0.598 e. The molecule has 0 aliphatic heterocycles. The lowest BCUT2D eigenvalue weighted by Crippen LogP contribution is -2.51. The van der Waals surface area contributed by atoms with Crippen molar-refractivity contribution in [1.82, 2.24) is 4.72 Å². The van der Waals surface area contributed by atoms with Gasteiger partial charge in [0.1, 0.15) is 16.2 Å². The van der Waals surface area contributed by atoms with E-state index in [1.165, 1.54) is 6.92 Å². The summed E-state index contributed by atoms with van der Waals surface area (Å²) in [5, 5.41) is 11.1. The molecule has 0 fully saturated rings. The number of carbonyl (C=O) groups excluding carboxylic acids is 1. The lowest BCUT2D eigenvalue weighted by atomic mass is 9.89. The molecule has 0 bridgehead atoms. The van der Waals surface area contributed by atoms with Gasteiger partial charge in [0.05, 0.1) is 16.9 Å². The van der Waals surface area contributed by atoms with Gasteiger partial charge in [0, 0.05) is 29.1 Å². The molecule has 1 N–H and O–H groups in total. The number of halogens is 1. The zero-order valence-electron chi connectivity index (χ0n) is 16.7. The van der Waals surface area contributed by atoms with Crippen LogP contribution in [0.25, 0.3) is 0 Å². The molecule has 27 heavy (non-hydrogen) atoms. The highest BCUT2D eigenvalue weighted by molar-refractivity contribution is 7.90. The number of hydrogen-bond acceptors (Lipinski definition) is 6. The molecule has 1 aromatic rings. The van der Waals surface area contributed by atoms with Crippen LogP contribution in [0.1, 0.15) is 60.5 Å². The molecule has 9 heteroatoms. The standard InChI is InChI=1S/C18H27FN2O5S/c1-16(2,3)26-15(22)11-18(7,20-27(25)17(4,5)6)13-10-12(21(23)24)8-9-14(13)19/h8-10,20H,11H2,1-7H3/t18-,27?/m0/s1. The fourth-order valence-electron chi connectivity index (χ4n) is 2.26. The zero-order valence-corrected chi connectivity index (χ0v) is 17.5. The predicted molar refractivity (Wildman–Crippen MR) is 102 cm³/mol. The highest BCUT2D eigenvalue weighted by atomic mass is 32.2. The normalized spacial score (nSPS) is 15.7. The maximum Gasteiger partial charge on any atom is 0.308 e. The number of benzene rings is 1. The molecule has 0 saturated carbocycles. The first-order chi connectivity index (χ1) is 12.0. The summed E-state index contributed by atoms with van der Waals surface area (Å²) in [6.07, 6.45) is -0.357. The van der Waals surface area contributed by atoms with E-state index in [1.807, 2.05) is 0 Å². The molecule has 0 radical (unpaired) electrons. The van der Waals surface area contributed by atoms with Crippen LogP contribution in [0.2, 0.25) is 0 Å². The van der Waals surface area contributed by atoms with E-state index in [4.69, 9.17) is 4.74 Å². The third-order valence-corrected chi connectivity index (χ3v) is 5.30. The van der Waals surface area contributed by atoms with Gasteiger partial charge in [-0.25, -0.2) is 4.39 Å². The molecule has 1 aromatic carbocycles. The predicted octanol–water partition coefficient (Wildman–Crippen LogP) is 3.73. The van der Waals surface area contributed by atoms with Crippen LogP contribution in [0, 0.1) is 15.9 Å². The number of ether oxygens (including phenoxy) is 1. The highest BCUT2D eigenvalue weighted by Crippen LogP contribution is 2.33. The van der Waals surface area contributed by atoms with Crippen molar-refractivity contribution in [1.29, 1.82) is 0 Å². The molecule has 1 unspecified atom stereocenters. The summed E-state index contributed by atoms with van der Waals surface area (Å²) >= 11 is -1.67. The summed E-state index contributed by atoms with van der Waals surface area (Å²) in [7, 11) is 0. The van der Waals surface area contributed by atoms with Gasteiger partial charge >= 0.3 is 5.97 Å². The maximum absolute atomic E-state index is 14.5. The number of rotatable bonds is 6. The molecule has 7 nitrogen and oxygen atoms in total. The number of non-ortho nitro benzene ring substituents is 1. The molecule has 152 valence electrons. The van der Waals surface area contributed by atoms with E-state index in [-0.39, 0.29) is 17.7 Å². The first kappa shape index (κ1) is 23.3. The first-order valence-electron chi connectivity index (χ1n) is 8.41. The van der Waals surface area contributed by atoms with Gasteiger partial charge in [-0.15, -0.1) is 4.72 Å². The Kier molecular flexibility index (Phi) is 7.01. The van der Waals surface area contributed by atoms with Crippen LogP contribution < -0.4 is 4.72 Å². The monoisotopic (exact) mass is 402 g/mol. The fraction of sp³-hybridized carbons (Fsp3) is 0.611. The van der Waals surface area contributed by atoms with Crippen molar-refractivity contribution >= 4 is 23.0 Å². The lowest BCUT2D eigenvalue weighted by Gasteiger charge is -2.35. The molecule has 1 rings (SSSR count). The number of hydrogen-bond donors (Lipinski definition) is 1. The molecule has 2 atom stereocenters. The SMILES string of the molecule is CC(C)(C)OC(=O)C[C@](C)(N[S+]([O-])C(C)(C)C)c1cc([N+](=O)[O-])ccc1F. The first-order valence-corrected chi connectivity index (χ1v) is 9.56. The topological polar surface area (TPSA) is 105 Å². The van der Waals surface area contributed by atoms with Gasteiger partial charge in [0.2, 0.25) is 0 Å². The number of nitrogens with zero attached hydrogens (tertiary/aromatic N) is 1. The maximum atomic E-state index is 14.5. The molecular formula is C18H27FN2O5S. The van der Waals surface area contributed by atoms with E-state index in [9.17, 15) is 23.9 Å². The molecule has 0 aromatic heterocycles. The van der Waals surface area contributed by atoms with Gasteiger partial charge < -0.3 is 9.29 Å². The second-order valence-corrected chi connectivity index (χ2v) is 10.5. The van der Waals surface area contributed by atoms with Crippen molar-refractivity contribution in [2.45, 2.75) is 70.8 Å². The molecule has 0 saturated heterocycles. The third-order valence-electron chi connectivity index (χ3n) is 3.55. The molecule has 0 spiro atoms. The van der Waals surface area contributed by atoms with Crippen molar-refractivity contribution in [2.75, 3.05) is 0 Å². The average molecular weight is 402 g/mol. The Morgan fingerprint density at radius 1 is 1.22 bits per heavy atom. The van der Waals surface area contributed by atoms with Gasteiger partial charge in [0.25, 0.3) is 5.69 Å². The third kappa shape index (κ3) is 6.75. The van der Waals surface area contributed by atoms with Crippen LogP contribution in [0.5, 0.6) is 0 Å². The average Bonchev–Trinajstić information content (AvgIpc) is 2.43. The van der Waals surface area contributed by atoms with Crippen LogP contribution >= 0.6 is 0 Å². The van der Waals surface area contributed by atoms with Gasteiger partial charge in [0.15, 0.2) is 0 Å². The summed E-state index contributed by atoms with van der Waals surface area (Å²) in [5.41, 5.74) is -2.69. The Balaban J connectivity index is 3.39. The fourth-order valence-corrected chi connectivity index (χ4v) is 3.16. The summed E-state index contributed by atoms with van der Waals surface area (Å²) in [5.74, 6) is -1.39. The van der Waals surface area contributed by atoms with Gasteiger partial charge in [-0.05, 0) is 54.5 Å². The number of nitrogens with one attached hydrogen (secondary N) is 1. The van der Waals surface area contributed by atoms with Crippen molar-refractivity contribution in [2.24, 2.45) is 0 Å². The summed E-state index contributed by atoms with van der Waals surface area (Å²) in [4.78, 5) is 22.8. The Bertz CT molecular complexity index is 715.